The Kier molecular flexibility index (Phi) is 5.93. The molecular formula is C22H17ClN2O3. The molecule has 0 fully saturated rings. The van der Waals surface area contributed by atoms with Gasteiger partial charge in [-0.05, 0) is 36.2 Å². The van der Waals surface area contributed by atoms with E-state index in [1.54, 1.807) is 37.6 Å². The summed E-state index contributed by atoms with van der Waals surface area (Å²) in [5.41, 5.74) is 4.28. The van der Waals surface area contributed by atoms with Crippen LogP contribution in [-0.2, 0) is 11.2 Å². The summed E-state index contributed by atoms with van der Waals surface area (Å²) in [6.07, 6.45) is 2.18. The van der Waals surface area contributed by atoms with Crippen LogP contribution < -0.4 is 4.74 Å². The number of benzene rings is 2. The molecule has 0 bridgehead atoms. The molecule has 1 heterocycles. The van der Waals surface area contributed by atoms with Crippen molar-refractivity contribution in [1.29, 1.82) is 5.26 Å². The standard InChI is InChI=1S/C22H17ClN2O3/c1-28-21-11-20(15-4-2-3-14(9-15)5-8-22(26)27)25-13-19(21)18-10-17(23)7-6-16(18)12-24/h2-4,6-7,9-11,13H,5,8H2,1H3,(H,26,27). The molecule has 3 rings (SSSR count). The van der Waals surface area contributed by atoms with Gasteiger partial charge in [0.05, 0.1) is 24.4 Å². The maximum absolute atomic E-state index is 10.8. The number of methoxy groups -OCH3 is 1. The Morgan fingerprint density at radius 3 is 2.75 bits per heavy atom. The number of aryl methyl sites for hydroxylation is 1. The Morgan fingerprint density at radius 1 is 1.21 bits per heavy atom. The summed E-state index contributed by atoms with van der Waals surface area (Å²) in [5, 5.41) is 18.8. The van der Waals surface area contributed by atoms with Crippen molar-refractivity contribution in [3.8, 4) is 34.2 Å². The lowest BCUT2D eigenvalue weighted by atomic mass is 9.99. The lowest BCUT2D eigenvalue weighted by Crippen LogP contribution is -1.98. The van der Waals surface area contributed by atoms with Crippen molar-refractivity contribution in [1.82, 2.24) is 4.98 Å². The summed E-state index contributed by atoms with van der Waals surface area (Å²) in [6, 6.07) is 16.6. The predicted octanol–water partition coefficient (Wildman–Crippen LogP) is 4.97. The van der Waals surface area contributed by atoms with Gasteiger partial charge in [0.1, 0.15) is 5.75 Å². The molecule has 1 N–H and O–H groups in total. The second-order valence-electron chi connectivity index (χ2n) is 6.17. The summed E-state index contributed by atoms with van der Waals surface area (Å²) in [7, 11) is 1.56. The van der Waals surface area contributed by atoms with E-state index in [9.17, 15) is 10.1 Å². The van der Waals surface area contributed by atoms with Crippen LogP contribution in [-0.4, -0.2) is 23.2 Å². The van der Waals surface area contributed by atoms with Crippen LogP contribution in [0.15, 0.2) is 54.7 Å². The normalized spacial score (nSPS) is 10.3. The second-order valence-corrected chi connectivity index (χ2v) is 6.60. The van der Waals surface area contributed by atoms with Gasteiger partial charge < -0.3 is 9.84 Å². The molecule has 5 nitrogen and oxygen atoms in total. The first-order valence-corrected chi connectivity index (χ1v) is 8.94. The zero-order valence-corrected chi connectivity index (χ0v) is 15.9. The molecule has 0 unspecified atom stereocenters. The maximum atomic E-state index is 10.8. The van der Waals surface area contributed by atoms with Crippen LogP contribution in [0.25, 0.3) is 22.4 Å². The number of pyridine rings is 1. The number of carboxylic acid groups (broad SMARTS) is 1. The van der Waals surface area contributed by atoms with Gasteiger partial charge in [0.15, 0.2) is 0 Å². The number of hydrogen-bond acceptors (Lipinski definition) is 4. The number of halogens is 1. The van der Waals surface area contributed by atoms with Gasteiger partial charge in [-0.15, -0.1) is 0 Å². The number of carbonyl (C=O) groups is 1. The van der Waals surface area contributed by atoms with Crippen molar-refractivity contribution in [2.75, 3.05) is 7.11 Å². The van der Waals surface area contributed by atoms with Crippen LogP contribution in [0, 0.1) is 11.3 Å². The molecule has 3 aromatic rings. The van der Waals surface area contributed by atoms with Crippen LogP contribution in [0.2, 0.25) is 5.02 Å². The Bertz CT molecular complexity index is 1070. The van der Waals surface area contributed by atoms with E-state index in [1.807, 2.05) is 24.3 Å². The molecule has 0 aliphatic heterocycles. The van der Waals surface area contributed by atoms with Crippen molar-refractivity contribution in [2.45, 2.75) is 12.8 Å². The van der Waals surface area contributed by atoms with Crippen LogP contribution in [0.4, 0.5) is 0 Å². The van der Waals surface area contributed by atoms with Gasteiger partial charge >= 0.3 is 5.97 Å². The minimum absolute atomic E-state index is 0.0743. The molecule has 0 atom stereocenters. The van der Waals surface area contributed by atoms with Gasteiger partial charge in [0.25, 0.3) is 0 Å². The summed E-state index contributed by atoms with van der Waals surface area (Å²) in [4.78, 5) is 15.3. The summed E-state index contributed by atoms with van der Waals surface area (Å²) < 4.78 is 5.54. The first kappa shape index (κ1) is 19.4. The molecule has 28 heavy (non-hydrogen) atoms. The molecule has 0 saturated heterocycles. The number of carboxylic acids is 1. The molecule has 0 amide bonds. The zero-order chi connectivity index (χ0) is 20.1. The van der Waals surface area contributed by atoms with Gasteiger partial charge in [-0.3, -0.25) is 9.78 Å². The van der Waals surface area contributed by atoms with E-state index in [0.717, 1.165) is 11.1 Å². The summed E-state index contributed by atoms with van der Waals surface area (Å²) in [6.45, 7) is 0. The number of nitrogens with zero attached hydrogens (tertiary/aromatic N) is 2. The van der Waals surface area contributed by atoms with Crippen molar-refractivity contribution in [2.24, 2.45) is 0 Å². The largest absolute Gasteiger partial charge is 0.496 e. The van der Waals surface area contributed by atoms with E-state index in [0.29, 0.717) is 39.6 Å². The third-order valence-corrected chi connectivity index (χ3v) is 4.56. The number of aliphatic carboxylic acids is 1. The van der Waals surface area contributed by atoms with Gasteiger partial charge in [0, 0.05) is 40.4 Å². The highest BCUT2D eigenvalue weighted by Crippen LogP contribution is 2.35. The van der Waals surface area contributed by atoms with E-state index in [-0.39, 0.29) is 6.42 Å². The number of hydrogen-bond donors (Lipinski definition) is 1. The highest BCUT2D eigenvalue weighted by molar-refractivity contribution is 6.31. The highest BCUT2D eigenvalue weighted by Gasteiger charge is 2.14. The fourth-order valence-corrected chi connectivity index (χ4v) is 3.11. The molecule has 0 aliphatic carbocycles. The molecule has 0 radical (unpaired) electrons. The van der Waals surface area contributed by atoms with Crippen LogP contribution in [0.3, 0.4) is 0 Å². The number of aromatic nitrogens is 1. The number of rotatable bonds is 6. The third-order valence-electron chi connectivity index (χ3n) is 4.33. The zero-order valence-electron chi connectivity index (χ0n) is 15.1. The third kappa shape index (κ3) is 4.30. The minimum Gasteiger partial charge on any atom is -0.496 e. The second kappa shape index (κ2) is 8.55. The summed E-state index contributed by atoms with van der Waals surface area (Å²) >= 11 is 6.10. The van der Waals surface area contributed by atoms with E-state index >= 15 is 0 Å². The van der Waals surface area contributed by atoms with Crippen LogP contribution in [0.5, 0.6) is 5.75 Å². The minimum atomic E-state index is -0.829. The molecular weight excluding hydrogens is 376 g/mol. The number of nitriles is 1. The van der Waals surface area contributed by atoms with E-state index in [2.05, 4.69) is 11.1 Å². The SMILES string of the molecule is COc1cc(-c2cccc(CCC(=O)O)c2)ncc1-c1cc(Cl)ccc1C#N. The van der Waals surface area contributed by atoms with Crippen molar-refractivity contribution < 1.29 is 14.6 Å². The first-order valence-electron chi connectivity index (χ1n) is 8.57. The predicted molar refractivity (Wildman–Crippen MR) is 107 cm³/mol. The van der Waals surface area contributed by atoms with Gasteiger partial charge in [-0.25, -0.2) is 0 Å². The fourth-order valence-electron chi connectivity index (χ4n) is 2.94. The fraction of sp³-hybridized carbons (Fsp3) is 0.136. The average Bonchev–Trinajstić information content (AvgIpc) is 2.72. The highest BCUT2D eigenvalue weighted by atomic mass is 35.5. The van der Waals surface area contributed by atoms with Crippen LogP contribution >= 0.6 is 11.6 Å². The monoisotopic (exact) mass is 392 g/mol. The molecule has 1 aromatic heterocycles. The van der Waals surface area contributed by atoms with Crippen LogP contribution in [0.1, 0.15) is 17.5 Å². The molecule has 140 valence electrons. The Balaban J connectivity index is 2.01. The van der Waals surface area contributed by atoms with E-state index in [1.165, 1.54) is 0 Å². The molecule has 0 saturated carbocycles. The van der Waals surface area contributed by atoms with Crippen molar-refractivity contribution >= 4 is 17.6 Å². The smallest absolute Gasteiger partial charge is 0.303 e. The van der Waals surface area contributed by atoms with Gasteiger partial charge in [-0.2, -0.15) is 5.26 Å². The maximum Gasteiger partial charge on any atom is 0.303 e. The van der Waals surface area contributed by atoms with Gasteiger partial charge in [-0.1, -0.05) is 29.8 Å². The van der Waals surface area contributed by atoms with Crippen molar-refractivity contribution in [3.63, 3.8) is 0 Å². The Labute approximate surface area is 167 Å². The number of ether oxygens (including phenoxy) is 1. The molecule has 0 spiro atoms. The van der Waals surface area contributed by atoms with E-state index in [4.69, 9.17) is 21.4 Å². The molecule has 2 aromatic carbocycles. The van der Waals surface area contributed by atoms with E-state index < -0.39 is 5.97 Å². The Hall–Kier alpha value is -3.36. The average molecular weight is 393 g/mol. The first-order chi connectivity index (χ1) is 13.5. The molecule has 6 heteroatoms. The van der Waals surface area contributed by atoms with Gasteiger partial charge in [0.2, 0.25) is 0 Å². The Morgan fingerprint density at radius 2 is 2.04 bits per heavy atom. The lowest BCUT2D eigenvalue weighted by Gasteiger charge is -2.12. The quantitative estimate of drug-likeness (QED) is 0.640. The molecule has 0 aliphatic rings. The van der Waals surface area contributed by atoms with Crippen molar-refractivity contribution in [3.05, 3.63) is 70.9 Å². The lowest BCUT2D eigenvalue weighted by molar-refractivity contribution is -0.136. The summed E-state index contributed by atoms with van der Waals surface area (Å²) in [5.74, 6) is -0.260. The topological polar surface area (TPSA) is 83.2 Å².